The van der Waals surface area contributed by atoms with Crippen molar-refractivity contribution in [2.45, 2.75) is 0 Å². The Hall–Kier alpha value is -2.30. The van der Waals surface area contributed by atoms with E-state index in [-0.39, 0.29) is 5.75 Å². The first kappa shape index (κ1) is 8.05. The summed E-state index contributed by atoms with van der Waals surface area (Å²) >= 11 is 0. The van der Waals surface area contributed by atoms with Gasteiger partial charge in [0.1, 0.15) is 11.3 Å². The first-order valence-electron chi connectivity index (χ1n) is 4.51. The number of fused-ring (bicyclic) bond motifs is 1. The predicted octanol–water partition coefficient (Wildman–Crippen LogP) is 1.45. The Bertz CT molecular complexity index is 565. The minimum Gasteiger partial charge on any atom is -0.508 e. The van der Waals surface area contributed by atoms with Gasteiger partial charge in [0.25, 0.3) is 0 Å². The van der Waals surface area contributed by atoms with Crippen LogP contribution in [0.25, 0.3) is 16.9 Å². The molecule has 74 valence electrons. The van der Waals surface area contributed by atoms with Gasteiger partial charge in [-0.3, -0.25) is 0 Å². The van der Waals surface area contributed by atoms with E-state index < -0.39 is 0 Å². The van der Waals surface area contributed by atoms with Crippen LogP contribution in [-0.2, 0) is 0 Å². The zero-order chi connectivity index (χ0) is 10.3. The Kier molecular flexibility index (Phi) is 1.53. The molecular formula is C10H8N4O. The molecule has 0 atom stereocenters. The highest BCUT2D eigenvalue weighted by atomic mass is 16.3. The van der Waals surface area contributed by atoms with Gasteiger partial charge in [0.05, 0.1) is 18.2 Å². The normalized spacial score (nSPS) is 10.9. The van der Waals surface area contributed by atoms with Crippen LogP contribution in [0.4, 0.5) is 0 Å². The first-order chi connectivity index (χ1) is 7.33. The SMILES string of the molecule is Oc1ccc(-n2cc3[nH]cnc3n2)cc1. The molecule has 2 heterocycles. The number of aromatic nitrogens is 4. The second kappa shape index (κ2) is 2.84. The molecule has 0 spiro atoms. The van der Waals surface area contributed by atoms with Gasteiger partial charge in [-0.15, -0.1) is 5.10 Å². The highest BCUT2D eigenvalue weighted by Gasteiger charge is 2.03. The average molecular weight is 200 g/mol. The fourth-order valence-electron chi connectivity index (χ4n) is 1.46. The summed E-state index contributed by atoms with van der Waals surface area (Å²) in [4.78, 5) is 7.02. The van der Waals surface area contributed by atoms with Crippen molar-refractivity contribution in [2.75, 3.05) is 0 Å². The lowest BCUT2D eigenvalue weighted by molar-refractivity contribution is 0.475. The predicted molar refractivity (Wildman–Crippen MR) is 54.9 cm³/mol. The van der Waals surface area contributed by atoms with Crippen molar-refractivity contribution in [3.63, 3.8) is 0 Å². The van der Waals surface area contributed by atoms with E-state index in [0.717, 1.165) is 11.2 Å². The van der Waals surface area contributed by atoms with E-state index in [0.29, 0.717) is 5.65 Å². The summed E-state index contributed by atoms with van der Waals surface area (Å²) in [6.07, 6.45) is 3.47. The molecule has 1 aromatic carbocycles. The summed E-state index contributed by atoms with van der Waals surface area (Å²) in [5.41, 5.74) is 2.46. The fourth-order valence-corrected chi connectivity index (χ4v) is 1.46. The molecule has 3 rings (SSSR count). The summed E-state index contributed by atoms with van der Waals surface area (Å²) in [7, 11) is 0. The van der Waals surface area contributed by atoms with Gasteiger partial charge in [0.15, 0.2) is 5.65 Å². The van der Waals surface area contributed by atoms with Crippen LogP contribution in [0.3, 0.4) is 0 Å². The van der Waals surface area contributed by atoms with Gasteiger partial charge in [-0.1, -0.05) is 0 Å². The first-order valence-corrected chi connectivity index (χ1v) is 4.51. The van der Waals surface area contributed by atoms with Gasteiger partial charge >= 0.3 is 0 Å². The third-order valence-electron chi connectivity index (χ3n) is 2.22. The van der Waals surface area contributed by atoms with Crippen LogP contribution in [0.5, 0.6) is 5.75 Å². The molecule has 3 aromatic rings. The lowest BCUT2D eigenvalue weighted by Gasteiger charge is -1.99. The fraction of sp³-hybridized carbons (Fsp3) is 0. The van der Waals surface area contributed by atoms with E-state index in [1.807, 2.05) is 6.20 Å². The van der Waals surface area contributed by atoms with E-state index >= 15 is 0 Å². The number of aromatic hydroxyl groups is 1. The second-order valence-electron chi connectivity index (χ2n) is 3.23. The number of phenolic OH excluding ortho intramolecular Hbond substituents is 1. The Balaban J connectivity index is 2.13. The quantitative estimate of drug-likeness (QED) is 0.624. The van der Waals surface area contributed by atoms with Crippen LogP contribution in [0.2, 0.25) is 0 Å². The van der Waals surface area contributed by atoms with Crippen molar-refractivity contribution >= 4 is 11.2 Å². The van der Waals surface area contributed by atoms with Crippen LogP contribution in [0.15, 0.2) is 36.8 Å². The second-order valence-corrected chi connectivity index (χ2v) is 3.23. The van der Waals surface area contributed by atoms with Gasteiger partial charge in [0.2, 0.25) is 0 Å². The minimum atomic E-state index is 0.245. The number of phenols is 1. The molecule has 0 amide bonds. The molecule has 2 aromatic heterocycles. The van der Waals surface area contributed by atoms with Crippen LogP contribution < -0.4 is 0 Å². The Morgan fingerprint density at radius 3 is 2.73 bits per heavy atom. The highest BCUT2D eigenvalue weighted by Crippen LogP contribution is 2.15. The molecule has 0 aliphatic rings. The smallest absolute Gasteiger partial charge is 0.199 e. The average Bonchev–Trinajstić information content (AvgIpc) is 2.78. The number of aromatic amines is 1. The van der Waals surface area contributed by atoms with Gasteiger partial charge in [-0.2, -0.15) is 0 Å². The zero-order valence-corrected chi connectivity index (χ0v) is 7.75. The maximum absolute atomic E-state index is 9.16. The van der Waals surface area contributed by atoms with Gasteiger partial charge in [0, 0.05) is 0 Å². The maximum Gasteiger partial charge on any atom is 0.199 e. The van der Waals surface area contributed by atoms with Gasteiger partial charge < -0.3 is 10.1 Å². The monoisotopic (exact) mass is 200 g/mol. The largest absolute Gasteiger partial charge is 0.508 e. The molecule has 0 bridgehead atoms. The highest BCUT2D eigenvalue weighted by molar-refractivity contribution is 5.69. The maximum atomic E-state index is 9.16. The molecule has 5 heteroatoms. The summed E-state index contributed by atoms with van der Waals surface area (Å²) in [6.45, 7) is 0. The molecule has 0 aliphatic heterocycles. The molecule has 0 radical (unpaired) electrons. The molecule has 0 unspecified atom stereocenters. The number of hydrogen-bond donors (Lipinski definition) is 2. The molecule has 0 saturated heterocycles. The summed E-state index contributed by atoms with van der Waals surface area (Å²) in [6, 6.07) is 6.83. The third kappa shape index (κ3) is 1.25. The van der Waals surface area contributed by atoms with E-state index in [4.69, 9.17) is 5.11 Å². The number of H-pyrrole nitrogens is 1. The lowest BCUT2D eigenvalue weighted by Crippen LogP contribution is -1.93. The van der Waals surface area contributed by atoms with E-state index in [9.17, 15) is 0 Å². The molecule has 0 fully saturated rings. The van der Waals surface area contributed by atoms with E-state index in [1.165, 1.54) is 0 Å². The van der Waals surface area contributed by atoms with E-state index in [1.54, 1.807) is 35.3 Å². The van der Waals surface area contributed by atoms with Gasteiger partial charge in [-0.25, -0.2) is 9.67 Å². The number of benzene rings is 1. The number of hydrogen-bond acceptors (Lipinski definition) is 3. The van der Waals surface area contributed by atoms with Crippen molar-refractivity contribution in [1.82, 2.24) is 19.7 Å². The van der Waals surface area contributed by atoms with Crippen molar-refractivity contribution in [3.8, 4) is 11.4 Å². The summed E-state index contributed by atoms with van der Waals surface area (Å²) < 4.78 is 1.72. The standard InChI is InChI=1S/C10H8N4O/c15-8-3-1-7(2-4-8)14-5-9-10(13-14)12-6-11-9/h1-6,15H,(H,11,12,13). The number of imidazole rings is 1. The minimum absolute atomic E-state index is 0.245. The molecule has 0 aliphatic carbocycles. The summed E-state index contributed by atoms with van der Waals surface area (Å²) in [5.74, 6) is 0.245. The van der Waals surface area contributed by atoms with Crippen molar-refractivity contribution in [3.05, 3.63) is 36.8 Å². The molecule has 2 N–H and O–H groups in total. The van der Waals surface area contributed by atoms with Crippen LogP contribution in [0, 0.1) is 0 Å². The van der Waals surface area contributed by atoms with E-state index in [2.05, 4.69) is 15.1 Å². The number of nitrogens with one attached hydrogen (secondary N) is 1. The van der Waals surface area contributed by atoms with Crippen LogP contribution >= 0.6 is 0 Å². The molecule has 15 heavy (non-hydrogen) atoms. The topological polar surface area (TPSA) is 66.7 Å². The number of nitrogens with zero attached hydrogens (tertiary/aromatic N) is 3. The van der Waals surface area contributed by atoms with Crippen LogP contribution in [0.1, 0.15) is 0 Å². The Morgan fingerprint density at radius 1 is 1.20 bits per heavy atom. The summed E-state index contributed by atoms with van der Waals surface area (Å²) in [5, 5.41) is 13.4. The lowest BCUT2D eigenvalue weighted by atomic mass is 10.3. The van der Waals surface area contributed by atoms with Gasteiger partial charge in [-0.05, 0) is 24.3 Å². The third-order valence-corrected chi connectivity index (χ3v) is 2.22. The van der Waals surface area contributed by atoms with Crippen LogP contribution in [-0.4, -0.2) is 24.9 Å². The Morgan fingerprint density at radius 2 is 2.00 bits per heavy atom. The molecule has 0 saturated carbocycles. The van der Waals surface area contributed by atoms with Crippen molar-refractivity contribution in [2.24, 2.45) is 0 Å². The van der Waals surface area contributed by atoms with Crippen molar-refractivity contribution < 1.29 is 5.11 Å². The number of rotatable bonds is 1. The van der Waals surface area contributed by atoms with Crippen molar-refractivity contribution in [1.29, 1.82) is 0 Å². The molecular weight excluding hydrogens is 192 g/mol. The Labute approximate surface area is 85.0 Å². The zero-order valence-electron chi connectivity index (χ0n) is 7.75. The molecule has 5 nitrogen and oxygen atoms in total.